The molecular formula is C11H20N2O2. The van der Waals surface area contributed by atoms with Crippen LogP contribution in [0.1, 0.15) is 32.6 Å². The van der Waals surface area contributed by atoms with Crippen LogP contribution in [0, 0.1) is 0 Å². The fourth-order valence-electron chi connectivity index (χ4n) is 2.26. The SMILES string of the molecule is CC1CCC(C(=O)NC2CCCNC2)O1. The number of hydrogen-bond acceptors (Lipinski definition) is 3. The summed E-state index contributed by atoms with van der Waals surface area (Å²) < 4.78 is 5.53. The Labute approximate surface area is 90.8 Å². The van der Waals surface area contributed by atoms with Crippen LogP contribution in [0.3, 0.4) is 0 Å². The normalized spacial score (nSPS) is 36.5. The second-order valence-electron chi connectivity index (χ2n) is 4.56. The summed E-state index contributed by atoms with van der Waals surface area (Å²) in [4.78, 5) is 11.8. The topological polar surface area (TPSA) is 50.4 Å². The third kappa shape index (κ3) is 2.92. The molecule has 4 nitrogen and oxygen atoms in total. The maximum atomic E-state index is 11.8. The van der Waals surface area contributed by atoms with Crippen molar-refractivity contribution in [2.75, 3.05) is 13.1 Å². The van der Waals surface area contributed by atoms with E-state index in [1.807, 2.05) is 6.92 Å². The van der Waals surface area contributed by atoms with Crippen molar-refractivity contribution in [2.24, 2.45) is 0 Å². The molecule has 0 aromatic heterocycles. The Morgan fingerprint density at radius 3 is 2.87 bits per heavy atom. The van der Waals surface area contributed by atoms with Gasteiger partial charge in [0.05, 0.1) is 6.10 Å². The molecule has 0 aromatic carbocycles. The molecule has 0 aliphatic carbocycles. The number of hydrogen-bond donors (Lipinski definition) is 2. The Bertz CT molecular complexity index is 227. The summed E-state index contributed by atoms with van der Waals surface area (Å²) in [5, 5.41) is 6.34. The van der Waals surface area contributed by atoms with Gasteiger partial charge in [-0.25, -0.2) is 0 Å². The van der Waals surface area contributed by atoms with Crippen molar-refractivity contribution in [2.45, 2.75) is 50.9 Å². The summed E-state index contributed by atoms with van der Waals surface area (Å²) in [5.74, 6) is 0.0769. The molecule has 2 rings (SSSR count). The van der Waals surface area contributed by atoms with Crippen molar-refractivity contribution in [3.63, 3.8) is 0 Å². The molecule has 0 saturated carbocycles. The number of carbonyl (C=O) groups excluding carboxylic acids is 1. The third-order valence-electron chi connectivity index (χ3n) is 3.17. The summed E-state index contributed by atoms with van der Waals surface area (Å²) >= 11 is 0. The molecule has 2 N–H and O–H groups in total. The van der Waals surface area contributed by atoms with Gasteiger partial charge in [0.1, 0.15) is 6.10 Å². The van der Waals surface area contributed by atoms with Crippen molar-refractivity contribution >= 4 is 5.91 Å². The van der Waals surface area contributed by atoms with Gasteiger partial charge in [0, 0.05) is 12.6 Å². The van der Waals surface area contributed by atoms with Crippen LogP contribution in [0.2, 0.25) is 0 Å². The van der Waals surface area contributed by atoms with E-state index in [0.29, 0.717) is 6.04 Å². The molecule has 4 heteroatoms. The lowest BCUT2D eigenvalue weighted by Crippen LogP contribution is -2.48. The average molecular weight is 212 g/mol. The van der Waals surface area contributed by atoms with Gasteiger partial charge in [0.2, 0.25) is 5.91 Å². The highest BCUT2D eigenvalue weighted by Crippen LogP contribution is 2.19. The van der Waals surface area contributed by atoms with E-state index >= 15 is 0 Å². The quantitative estimate of drug-likeness (QED) is 0.697. The zero-order valence-electron chi connectivity index (χ0n) is 9.29. The van der Waals surface area contributed by atoms with Gasteiger partial charge in [-0.05, 0) is 39.2 Å². The minimum Gasteiger partial charge on any atom is -0.365 e. The fourth-order valence-corrected chi connectivity index (χ4v) is 2.26. The van der Waals surface area contributed by atoms with E-state index in [1.165, 1.54) is 0 Å². The molecule has 2 aliphatic rings. The lowest BCUT2D eigenvalue weighted by atomic mass is 10.1. The lowest BCUT2D eigenvalue weighted by molar-refractivity contribution is -0.132. The summed E-state index contributed by atoms with van der Waals surface area (Å²) in [6, 6.07) is 0.297. The number of ether oxygens (including phenoxy) is 1. The highest BCUT2D eigenvalue weighted by atomic mass is 16.5. The summed E-state index contributed by atoms with van der Waals surface area (Å²) in [6.45, 7) is 3.99. The standard InChI is InChI=1S/C11H20N2O2/c1-8-4-5-10(15-8)11(14)13-9-3-2-6-12-7-9/h8-10,12H,2-7H2,1H3,(H,13,14). The van der Waals surface area contributed by atoms with Gasteiger partial charge < -0.3 is 15.4 Å². The fraction of sp³-hybridized carbons (Fsp3) is 0.909. The molecule has 0 radical (unpaired) electrons. The average Bonchev–Trinajstić information content (AvgIpc) is 2.66. The largest absolute Gasteiger partial charge is 0.365 e. The maximum absolute atomic E-state index is 11.8. The number of rotatable bonds is 2. The molecule has 2 aliphatic heterocycles. The van der Waals surface area contributed by atoms with Gasteiger partial charge in [0.25, 0.3) is 0 Å². The summed E-state index contributed by atoms with van der Waals surface area (Å²) in [6.07, 6.45) is 4.13. The van der Waals surface area contributed by atoms with Crippen molar-refractivity contribution in [3.8, 4) is 0 Å². The Morgan fingerprint density at radius 2 is 2.27 bits per heavy atom. The second kappa shape index (κ2) is 4.94. The Morgan fingerprint density at radius 1 is 1.40 bits per heavy atom. The zero-order valence-corrected chi connectivity index (χ0v) is 9.29. The van der Waals surface area contributed by atoms with E-state index in [2.05, 4.69) is 10.6 Å². The van der Waals surface area contributed by atoms with Gasteiger partial charge >= 0.3 is 0 Å². The molecular weight excluding hydrogens is 192 g/mol. The van der Waals surface area contributed by atoms with Crippen molar-refractivity contribution in [1.82, 2.24) is 10.6 Å². The monoisotopic (exact) mass is 212 g/mol. The second-order valence-corrected chi connectivity index (χ2v) is 4.56. The van der Waals surface area contributed by atoms with Crippen LogP contribution >= 0.6 is 0 Å². The molecule has 15 heavy (non-hydrogen) atoms. The van der Waals surface area contributed by atoms with Crippen molar-refractivity contribution in [3.05, 3.63) is 0 Å². The van der Waals surface area contributed by atoms with Gasteiger partial charge in [-0.2, -0.15) is 0 Å². The molecule has 0 spiro atoms. The first-order valence-electron chi connectivity index (χ1n) is 5.92. The smallest absolute Gasteiger partial charge is 0.249 e. The van der Waals surface area contributed by atoms with E-state index in [-0.39, 0.29) is 18.1 Å². The minimum absolute atomic E-state index is 0.0769. The molecule has 2 saturated heterocycles. The van der Waals surface area contributed by atoms with E-state index in [1.54, 1.807) is 0 Å². The molecule has 86 valence electrons. The third-order valence-corrected chi connectivity index (χ3v) is 3.17. The predicted molar refractivity (Wildman–Crippen MR) is 57.6 cm³/mol. The Hall–Kier alpha value is -0.610. The Balaban J connectivity index is 1.76. The van der Waals surface area contributed by atoms with Gasteiger partial charge in [0.15, 0.2) is 0 Å². The number of nitrogens with one attached hydrogen (secondary N) is 2. The molecule has 3 unspecified atom stereocenters. The predicted octanol–water partition coefficient (Wildman–Crippen LogP) is 0.422. The molecule has 2 heterocycles. The molecule has 3 atom stereocenters. The first-order chi connectivity index (χ1) is 7.25. The van der Waals surface area contributed by atoms with Gasteiger partial charge in [-0.3, -0.25) is 4.79 Å². The van der Waals surface area contributed by atoms with E-state index in [4.69, 9.17) is 4.74 Å². The van der Waals surface area contributed by atoms with E-state index < -0.39 is 0 Å². The van der Waals surface area contributed by atoms with Crippen molar-refractivity contribution < 1.29 is 9.53 Å². The molecule has 0 bridgehead atoms. The highest BCUT2D eigenvalue weighted by molar-refractivity contribution is 5.81. The molecule has 0 aromatic rings. The number of piperidine rings is 1. The zero-order chi connectivity index (χ0) is 10.7. The summed E-state index contributed by atoms with van der Waals surface area (Å²) in [5.41, 5.74) is 0. The minimum atomic E-state index is -0.207. The van der Waals surface area contributed by atoms with Gasteiger partial charge in [-0.15, -0.1) is 0 Å². The van der Waals surface area contributed by atoms with Crippen LogP contribution < -0.4 is 10.6 Å². The van der Waals surface area contributed by atoms with E-state index in [9.17, 15) is 4.79 Å². The highest BCUT2D eigenvalue weighted by Gasteiger charge is 2.29. The van der Waals surface area contributed by atoms with Gasteiger partial charge in [-0.1, -0.05) is 0 Å². The maximum Gasteiger partial charge on any atom is 0.249 e. The van der Waals surface area contributed by atoms with Crippen LogP contribution in [-0.4, -0.2) is 37.2 Å². The van der Waals surface area contributed by atoms with Crippen molar-refractivity contribution in [1.29, 1.82) is 0 Å². The molecule has 1 amide bonds. The Kier molecular flexibility index (Phi) is 3.59. The first-order valence-corrected chi connectivity index (χ1v) is 5.92. The summed E-state index contributed by atoms with van der Waals surface area (Å²) in [7, 11) is 0. The lowest BCUT2D eigenvalue weighted by Gasteiger charge is -2.25. The number of carbonyl (C=O) groups is 1. The van der Waals surface area contributed by atoms with Crippen LogP contribution in [-0.2, 0) is 9.53 Å². The first kappa shape index (κ1) is 10.9. The van der Waals surface area contributed by atoms with Crippen LogP contribution in [0.5, 0.6) is 0 Å². The van der Waals surface area contributed by atoms with Crippen LogP contribution in [0.15, 0.2) is 0 Å². The van der Waals surface area contributed by atoms with Crippen LogP contribution in [0.25, 0.3) is 0 Å². The van der Waals surface area contributed by atoms with E-state index in [0.717, 1.165) is 38.8 Å². The van der Waals surface area contributed by atoms with Crippen LogP contribution in [0.4, 0.5) is 0 Å². The molecule has 2 fully saturated rings. The number of amides is 1.